The van der Waals surface area contributed by atoms with Crippen molar-refractivity contribution in [2.24, 2.45) is 11.8 Å². The lowest BCUT2D eigenvalue weighted by Crippen LogP contribution is -2.26. The predicted molar refractivity (Wildman–Crippen MR) is 105 cm³/mol. The molecule has 1 aliphatic heterocycles. The van der Waals surface area contributed by atoms with Crippen molar-refractivity contribution >= 4 is 34.1 Å². The fourth-order valence-electron chi connectivity index (χ4n) is 4.00. The molecular weight excluding hydrogens is 332 g/mol. The predicted octanol–water partition coefficient (Wildman–Crippen LogP) is 5.11. The fraction of sp³-hybridized carbons (Fsp3) is 0.500. The highest BCUT2D eigenvalue weighted by molar-refractivity contribution is 6.31. The summed E-state index contributed by atoms with van der Waals surface area (Å²) in [6, 6.07) is 5.89. The summed E-state index contributed by atoms with van der Waals surface area (Å²) in [5.41, 5.74) is 3.93. The molecule has 132 valence electrons. The van der Waals surface area contributed by atoms with E-state index in [-0.39, 0.29) is 0 Å². The molecule has 1 atom stereocenters. The van der Waals surface area contributed by atoms with Crippen LogP contribution in [-0.4, -0.2) is 27.5 Å². The maximum Gasteiger partial charge on any atom is 0.181 e. The third-order valence-electron chi connectivity index (χ3n) is 5.46. The van der Waals surface area contributed by atoms with Gasteiger partial charge in [-0.05, 0) is 56.2 Å². The molecule has 1 aliphatic rings. The van der Waals surface area contributed by atoms with Crippen LogP contribution in [0.2, 0.25) is 5.02 Å². The van der Waals surface area contributed by atoms with Gasteiger partial charge in [-0.3, -0.25) is 4.40 Å². The molecule has 0 spiro atoms. The molecule has 3 aromatic rings. The molecule has 1 unspecified atom stereocenters. The number of aromatic nitrogens is 3. The average Bonchev–Trinajstić information content (AvgIpc) is 2.80. The Morgan fingerprint density at radius 2 is 2.00 bits per heavy atom. The normalized spacial score (nSPS) is 19.1. The first-order valence-corrected chi connectivity index (χ1v) is 9.60. The largest absolute Gasteiger partial charge is 0.353 e. The Bertz CT molecular complexity index is 915. The molecule has 0 bridgehead atoms. The highest BCUT2D eigenvalue weighted by Crippen LogP contribution is 2.30. The maximum atomic E-state index is 6.21. The lowest BCUT2D eigenvalue weighted by Gasteiger charge is -2.23. The number of nitrogens with zero attached hydrogens (tertiary/aromatic N) is 4. The first kappa shape index (κ1) is 16.6. The molecule has 0 saturated carbocycles. The van der Waals surface area contributed by atoms with Crippen LogP contribution >= 0.6 is 11.6 Å². The van der Waals surface area contributed by atoms with Crippen molar-refractivity contribution in [3.05, 3.63) is 35.1 Å². The minimum Gasteiger partial charge on any atom is -0.353 e. The molecule has 25 heavy (non-hydrogen) atoms. The van der Waals surface area contributed by atoms with Crippen LogP contribution in [0.15, 0.2) is 24.4 Å². The van der Waals surface area contributed by atoms with Crippen molar-refractivity contribution in [3.63, 3.8) is 0 Å². The number of fused-ring (bicyclic) bond motifs is 3. The van der Waals surface area contributed by atoms with Crippen molar-refractivity contribution in [2.75, 3.05) is 18.0 Å². The lowest BCUT2D eigenvalue weighted by atomic mass is 9.89. The molecule has 0 N–H and O–H groups in total. The van der Waals surface area contributed by atoms with Gasteiger partial charge in [0, 0.05) is 24.3 Å². The zero-order chi connectivity index (χ0) is 17.6. The third kappa shape index (κ3) is 3.08. The highest BCUT2D eigenvalue weighted by atomic mass is 35.5. The van der Waals surface area contributed by atoms with Crippen LogP contribution in [0.1, 0.15) is 38.8 Å². The van der Waals surface area contributed by atoms with Crippen molar-refractivity contribution in [3.8, 4) is 0 Å². The summed E-state index contributed by atoms with van der Waals surface area (Å²) in [5.74, 6) is 2.56. The number of halogens is 1. The highest BCUT2D eigenvalue weighted by Gasteiger charge is 2.23. The number of hydrogen-bond donors (Lipinski definition) is 0. The second-order valence-corrected chi connectivity index (χ2v) is 8.00. The van der Waals surface area contributed by atoms with Gasteiger partial charge in [0.1, 0.15) is 0 Å². The Labute approximate surface area is 153 Å². The molecule has 4 rings (SSSR count). The summed E-state index contributed by atoms with van der Waals surface area (Å²) in [6.45, 7) is 8.82. The molecule has 0 amide bonds. The molecule has 1 aromatic carbocycles. The summed E-state index contributed by atoms with van der Waals surface area (Å²) >= 11 is 6.21. The van der Waals surface area contributed by atoms with Gasteiger partial charge in [0.05, 0.1) is 16.7 Å². The van der Waals surface area contributed by atoms with Gasteiger partial charge < -0.3 is 4.90 Å². The standard InChI is InChI=1S/C20H25ClN4/c1-13(2)15-5-4-9-24(10-8-15)19-20-22-14(3)12-25(20)18-11-16(21)6-7-17(18)23-19/h6-7,11-13,15H,4-5,8-10H2,1-3H3. The van der Waals surface area contributed by atoms with Crippen LogP contribution in [0.25, 0.3) is 16.7 Å². The zero-order valence-electron chi connectivity index (χ0n) is 15.2. The third-order valence-corrected chi connectivity index (χ3v) is 5.70. The minimum atomic E-state index is 0.726. The average molecular weight is 357 g/mol. The summed E-state index contributed by atoms with van der Waals surface area (Å²) in [5, 5.41) is 0.726. The number of benzene rings is 1. The van der Waals surface area contributed by atoms with Crippen molar-refractivity contribution in [1.82, 2.24) is 14.4 Å². The first-order chi connectivity index (χ1) is 12.0. The summed E-state index contributed by atoms with van der Waals surface area (Å²) < 4.78 is 2.14. The van der Waals surface area contributed by atoms with Gasteiger partial charge in [-0.15, -0.1) is 0 Å². The second-order valence-electron chi connectivity index (χ2n) is 7.57. The monoisotopic (exact) mass is 356 g/mol. The molecule has 0 radical (unpaired) electrons. The fourth-order valence-corrected chi connectivity index (χ4v) is 4.17. The van der Waals surface area contributed by atoms with E-state index in [0.29, 0.717) is 0 Å². The molecule has 1 fully saturated rings. The number of imidazole rings is 1. The van der Waals surface area contributed by atoms with Crippen LogP contribution in [0, 0.1) is 18.8 Å². The Hall–Kier alpha value is -1.81. The van der Waals surface area contributed by atoms with E-state index in [1.54, 1.807) is 0 Å². The van der Waals surface area contributed by atoms with Crippen LogP contribution in [0.5, 0.6) is 0 Å². The van der Waals surface area contributed by atoms with E-state index < -0.39 is 0 Å². The Balaban J connectivity index is 1.82. The van der Waals surface area contributed by atoms with E-state index >= 15 is 0 Å². The van der Waals surface area contributed by atoms with Crippen LogP contribution in [-0.2, 0) is 0 Å². The number of rotatable bonds is 2. The van der Waals surface area contributed by atoms with Gasteiger partial charge in [-0.2, -0.15) is 0 Å². The molecule has 1 saturated heterocycles. The summed E-state index contributed by atoms with van der Waals surface area (Å²) in [6.07, 6.45) is 5.83. The van der Waals surface area contributed by atoms with Crippen molar-refractivity contribution < 1.29 is 0 Å². The van der Waals surface area contributed by atoms with Gasteiger partial charge in [0.2, 0.25) is 0 Å². The number of anilines is 1. The van der Waals surface area contributed by atoms with Crippen LogP contribution < -0.4 is 4.90 Å². The lowest BCUT2D eigenvalue weighted by molar-refractivity contribution is 0.351. The molecule has 4 nitrogen and oxygen atoms in total. The molecule has 3 heterocycles. The Kier molecular flexibility index (Phi) is 4.32. The van der Waals surface area contributed by atoms with Crippen LogP contribution in [0.3, 0.4) is 0 Å². The van der Waals surface area contributed by atoms with E-state index in [1.807, 2.05) is 25.1 Å². The van der Waals surface area contributed by atoms with Gasteiger partial charge in [-0.1, -0.05) is 25.4 Å². The maximum absolute atomic E-state index is 6.21. The van der Waals surface area contributed by atoms with E-state index in [1.165, 1.54) is 19.3 Å². The second kappa shape index (κ2) is 6.49. The van der Waals surface area contributed by atoms with Crippen molar-refractivity contribution in [2.45, 2.75) is 40.0 Å². The number of aryl methyl sites for hydroxylation is 1. The van der Waals surface area contributed by atoms with Gasteiger partial charge in [0.25, 0.3) is 0 Å². The minimum absolute atomic E-state index is 0.726. The first-order valence-electron chi connectivity index (χ1n) is 9.23. The number of hydrogen-bond acceptors (Lipinski definition) is 3. The Morgan fingerprint density at radius 1 is 1.16 bits per heavy atom. The van der Waals surface area contributed by atoms with Crippen LogP contribution in [0.4, 0.5) is 5.82 Å². The SMILES string of the molecule is Cc1cn2c(n1)c(N1CCCC(C(C)C)CC1)nc1ccc(Cl)cc12. The van der Waals surface area contributed by atoms with E-state index in [9.17, 15) is 0 Å². The summed E-state index contributed by atoms with van der Waals surface area (Å²) in [7, 11) is 0. The molecular formula is C20H25ClN4. The van der Waals surface area contributed by atoms with Gasteiger partial charge >= 0.3 is 0 Å². The smallest absolute Gasteiger partial charge is 0.181 e. The molecule has 5 heteroatoms. The van der Waals surface area contributed by atoms with Crippen molar-refractivity contribution in [1.29, 1.82) is 0 Å². The zero-order valence-corrected chi connectivity index (χ0v) is 15.9. The molecule has 2 aromatic heterocycles. The quantitative estimate of drug-likeness (QED) is 0.640. The van der Waals surface area contributed by atoms with Gasteiger partial charge in [0.15, 0.2) is 11.5 Å². The van der Waals surface area contributed by atoms with Gasteiger partial charge in [-0.25, -0.2) is 9.97 Å². The molecule has 0 aliphatic carbocycles. The van der Waals surface area contributed by atoms with E-state index in [0.717, 1.165) is 58.1 Å². The van der Waals surface area contributed by atoms with E-state index in [4.69, 9.17) is 21.6 Å². The topological polar surface area (TPSA) is 33.4 Å². The Morgan fingerprint density at radius 3 is 2.80 bits per heavy atom. The summed E-state index contributed by atoms with van der Waals surface area (Å²) in [4.78, 5) is 12.2. The van der Waals surface area contributed by atoms with E-state index in [2.05, 4.69) is 29.3 Å².